The molecule has 0 unspecified atom stereocenters. The van der Waals surface area contributed by atoms with E-state index < -0.39 is 0 Å². The smallest absolute Gasteiger partial charge is 0.148 e. The minimum absolute atomic E-state index is 0.547. The molecule has 0 radical (unpaired) electrons. The highest BCUT2D eigenvalue weighted by Crippen LogP contribution is 2.22. The Labute approximate surface area is 91.4 Å². The van der Waals surface area contributed by atoms with Crippen LogP contribution in [0.1, 0.15) is 50.5 Å². The van der Waals surface area contributed by atoms with Gasteiger partial charge in [-0.15, -0.1) is 0 Å². The van der Waals surface area contributed by atoms with Crippen LogP contribution in [0.3, 0.4) is 0 Å². The summed E-state index contributed by atoms with van der Waals surface area (Å²) in [5.74, 6) is 1.93. The Bertz CT molecular complexity index is 345. The van der Waals surface area contributed by atoms with Crippen molar-refractivity contribution in [2.75, 3.05) is 0 Å². The van der Waals surface area contributed by atoms with Gasteiger partial charge in [0.15, 0.2) is 0 Å². The van der Waals surface area contributed by atoms with Crippen molar-refractivity contribution in [3.63, 3.8) is 0 Å². The van der Waals surface area contributed by atoms with E-state index in [0.29, 0.717) is 6.04 Å². The first-order valence-corrected chi connectivity index (χ1v) is 5.93. The van der Waals surface area contributed by atoms with E-state index in [4.69, 9.17) is 9.41 Å². The van der Waals surface area contributed by atoms with Gasteiger partial charge in [0.25, 0.3) is 0 Å². The molecule has 1 aromatic rings. The predicted molar refractivity (Wildman–Crippen MR) is 62.5 cm³/mol. The molecule has 0 aliphatic heterocycles. The number of furan rings is 1. The van der Waals surface area contributed by atoms with Crippen molar-refractivity contribution in [3.8, 4) is 0 Å². The van der Waals surface area contributed by atoms with E-state index in [0.717, 1.165) is 23.7 Å². The van der Waals surface area contributed by atoms with Crippen molar-refractivity contribution in [1.82, 2.24) is 0 Å². The van der Waals surface area contributed by atoms with Gasteiger partial charge in [0, 0.05) is 0 Å². The molecule has 1 aromatic heterocycles. The number of aliphatic imine (C=N–C) groups is 1. The quantitative estimate of drug-likeness (QED) is 0.690. The molecule has 2 heteroatoms. The third kappa shape index (κ3) is 2.49. The summed E-state index contributed by atoms with van der Waals surface area (Å²) in [7, 11) is 0. The first-order chi connectivity index (χ1) is 7.29. The highest BCUT2D eigenvalue weighted by Gasteiger charge is 2.15. The molecule has 0 amide bonds. The SMILES string of the molecule is CCC(=NC1CCCC1)c1ccc(C)o1. The van der Waals surface area contributed by atoms with Gasteiger partial charge in [-0.2, -0.15) is 0 Å². The van der Waals surface area contributed by atoms with Gasteiger partial charge >= 0.3 is 0 Å². The van der Waals surface area contributed by atoms with E-state index >= 15 is 0 Å². The van der Waals surface area contributed by atoms with Gasteiger partial charge in [0.05, 0.1) is 11.8 Å². The maximum atomic E-state index is 5.62. The second-order valence-corrected chi connectivity index (χ2v) is 4.28. The summed E-state index contributed by atoms with van der Waals surface area (Å²) < 4.78 is 5.62. The summed E-state index contributed by atoms with van der Waals surface area (Å²) in [6, 6.07) is 4.59. The van der Waals surface area contributed by atoms with Gasteiger partial charge < -0.3 is 4.42 Å². The highest BCUT2D eigenvalue weighted by molar-refractivity contribution is 5.98. The molecule has 0 N–H and O–H groups in total. The van der Waals surface area contributed by atoms with Crippen molar-refractivity contribution >= 4 is 5.71 Å². The fraction of sp³-hybridized carbons (Fsp3) is 0.615. The van der Waals surface area contributed by atoms with E-state index in [2.05, 4.69) is 6.92 Å². The molecule has 1 fully saturated rings. The lowest BCUT2D eigenvalue weighted by Gasteiger charge is -2.05. The minimum atomic E-state index is 0.547. The normalized spacial score (nSPS) is 18.7. The molecule has 82 valence electrons. The summed E-state index contributed by atoms with van der Waals surface area (Å²) in [6.45, 7) is 4.12. The molecule has 1 saturated carbocycles. The molecule has 1 aliphatic rings. The van der Waals surface area contributed by atoms with Crippen LogP contribution in [0.4, 0.5) is 0 Å². The zero-order valence-electron chi connectivity index (χ0n) is 9.62. The van der Waals surface area contributed by atoms with Crippen molar-refractivity contribution in [3.05, 3.63) is 23.7 Å². The summed E-state index contributed by atoms with van der Waals surface area (Å²) in [5.41, 5.74) is 1.13. The largest absolute Gasteiger partial charge is 0.460 e. The van der Waals surface area contributed by atoms with Crippen molar-refractivity contribution in [2.24, 2.45) is 4.99 Å². The fourth-order valence-corrected chi connectivity index (χ4v) is 2.17. The van der Waals surface area contributed by atoms with Gasteiger partial charge in [0.1, 0.15) is 11.5 Å². The molecule has 0 aromatic carbocycles. The number of hydrogen-bond acceptors (Lipinski definition) is 2. The molecular formula is C13H19NO. The summed E-state index contributed by atoms with van der Waals surface area (Å²) >= 11 is 0. The molecule has 0 spiro atoms. The van der Waals surface area contributed by atoms with Crippen LogP contribution >= 0.6 is 0 Å². The Balaban J connectivity index is 2.15. The first kappa shape index (κ1) is 10.5. The maximum absolute atomic E-state index is 5.62. The summed E-state index contributed by atoms with van der Waals surface area (Å²) in [5, 5.41) is 0. The van der Waals surface area contributed by atoms with Gasteiger partial charge in [-0.25, -0.2) is 0 Å². The molecule has 1 heterocycles. The van der Waals surface area contributed by atoms with Crippen molar-refractivity contribution in [1.29, 1.82) is 0 Å². The molecular weight excluding hydrogens is 186 g/mol. The standard InChI is InChI=1S/C13H19NO/c1-3-12(13-9-8-10(2)15-13)14-11-6-4-5-7-11/h8-9,11H,3-7H2,1-2H3. The number of aryl methyl sites for hydroxylation is 1. The molecule has 1 aliphatic carbocycles. The van der Waals surface area contributed by atoms with E-state index in [1.165, 1.54) is 25.7 Å². The van der Waals surface area contributed by atoms with E-state index in [9.17, 15) is 0 Å². The third-order valence-corrected chi connectivity index (χ3v) is 3.02. The van der Waals surface area contributed by atoms with Crippen LogP contribution in [-0.4, -0.2) is 11.8 Å². The Morgan fingerprint density at radius 2 is 2.13 bits per heavy atom. The molecule has 0 atom stereocenters. The topological polar surface area (TPSA) is 25.5 Å². The van der Waals surface area contributed by atoms with Gasteiger partial charge in [-0.05, 0) is 38.3 Å². The molecule has 2 rings (SSSR count). The first-order valence-electron chi connectivity index (χ1n) is 5.93. The third-order valence-electron chi connectivity index (χ3n) is 3.02. The van der Waals surface area contributed by atoms with Crippen molar-refractivity contribution in [2.45, 2.75) is 52.0 Å². The number of rotatable bonds is 3. The van der Waals surface area contributed by atoms with E-state index in [1.54, 1.807) is 0 Å². The fourth-order valence-electron chi connectivity index (χ4n) is 2.17. The monoisotopic (exact) mass is 205 g/mol. The zero-order chi connectivity index (χ0) is 10.7. The van der Waals surface area contributed by atoms with Crippen LogP contribution in [-0.2, 0) is 0 Å². The second-order valence-electron chi connectivity index (χ2n) is 4.28. The van der Waals surface area contributed by atoms with Crippen LogP contribution in [0.5, 0.6) is 0 Å². The lowest BCUT2D eigenvalue weighted by atomic mass is 10.2. The van der Waals surface area contributed by atoms with Gasteiger partial charge in [-0.1, -0.05) is 19.8 Å². The molecule has 0 saturated heterocycles. The van der Waals surface area contributed by atoms with Gasteiger partial charge in [0.2, 0.25) is 0 Å². The molecule has 15 heavy (non-hydrogen) atoms. The number of nitrogens with zero attached hydrogens (tertiary/aromatic N) is 1. The van der Waals surface area contributed by atoms with Crippen LogP contribution in [0, 0.1) is 6.92 Å². The zero-order valence-corrected chi connectivity index (χ0v) is 9.62. The Morgan fingerprint density at radius 1 is 1.40 bits per heavy atom. The lowest BCUT2D eigenvalue weighted by Crippen LogP contribution is -2.05. The Morgan fingerprint density at radius 3 is 2.67 bits per heavy atom. The van der Waals surface area contributed by atoms with Crippen LogP contribution < -0.4 is 0 Å². The molecule has 2 nitrogen and oxygen atoms in total. The molecule has 0 bridgehead atoms. The lowest BCUT2D eigenvalue weighted by molar-refractivity contribution is 0.522. The summed E-state index contributed by atoms with van der Waals surface area (Å²) in [4.78, 5) is 4.80. The van der Waals surface area contributed by atoms with Crippen LogP contribution in [0.2, 0.25) is 0 Å². The predicted octanol–water partition coefficient (Wildman–Crippen LogP) is 3.73. The maximum Gasteiger partial charge on any atom is 0.148 e. The van der Waals surface area contributed by atoms with Crippen LogP contribution in [0.25, 0.3) is 0 Å². The van der Waals surface area contributed by atoms with E-state index in [1.807, 2.05) is 19.1 Å². The van der Waals surface area contributed by atoms with Crippen LogP contribution in [0.15, 0.2) is 21.5 Å². The van der Waals surface area contributed by atoms with Crippen molar-refractivity contribution < 1.29 is 4.42 Å². The highest BCUT2D eigenvalue weighted by atomic mass is 16.3. The Kier molecular flexibility index (Phi) is 3.24. The van der Waals surface area contributed by atoms with Gasteiger partial charge in [-0.3, -0.25) is 4.99 Å². The average molecular weight is 205 g/mol. The second kappa shape index (κ2) is 4.65. The number of hydrogen-bond donors (Lipinski definition) is 0. The van der Waals surface area contributed by atoms with E-state index in [-0.39, 0.29) is 0 Å². The average Bonchev–Trinajstić information content (AvgIpc) is 2.85. The summed E-state index contributed by atoms with van der Waals surface area (Å²) in [6.07, 6.45) is 6.14. The Hall–Kier alpha value is -1.05. The minimum Gasteiger partial charge on any atom is -0.460 e.